The third-order valence-electron chi connectivity index (χ3n) is 4.39. The van der Waals surface area contributed by atoms with E-state index in [4.69, 9.17) is 9.47 Å². The van der Waals surface area contributed by atoms with Gasteiger partial charge in [-0.3, -0.25) is 0 Å². The predicted molar refractivity (Wildman–Crippen MR) is 120 cm³/mol. The Hall–Kier alpha value is -2.04. The van der Waals surface area contributed by atoms with Gasteiger partial charge in [-0.05, 0) is 32.4 Å². The molecule has 1 aliphatic rings. The van der Waals surface area contributed by atoms with Crippen LogP contribution >= 0.6 is 24.0 Å². The maximum atomic E-state index is 5.98. The maximum Gasteiger partial charge on any atom is 0.191 e. The normalized spacial score (nSPS) is 17.1. The third kappa shape index (κ3) is 5.98. The summed E-state index contributed by atoms with van der Waals surface area (Å²) in [6.45, 7) is 6.20. The van der Waals surface area contributed by atoms with E-state index in [1.54, 1.807) is 13.4 Å². The topological polar surface area (TPSA) is 85.6 Å². The van der Waals surface area contributed by atoms with Gasteiger partial charge in [0.2, 0.25) is 0 Å². The van der Waals surface area contributed by atoms with Gasteiger partial charge in [0.1, 0.15) is 18.3 Å². The Labute approximate surface area is 183 Å². The molecule has 1 aromatic carbocycles. The number of hydrogen-bond donors (Lipinski definition) is 2. The van der Waals surface area contributed by atoms with E-state index in [0.717, 1.165) is 49.2 Å². The van der Waals surface area contributed by atoms with Gasteiger partial charge in [-0.2, -0.15) is 5.10 Å². The van der Waals surface area contributed by atoms with Crippen molar-refractivity contribution < 1.29 is 9.47 Å². The number of hydrogen-bond acceptors (Lipinski definition) is 5. The monoisotopic (exact) mass is 500 g/mol. The number of halogens is 1. The van der Waals surface area contributed by atoms with Gasteiger partial charge in [0, 0.05) is 19.0 Å². The molecule has 0 bridgehead atoms. The molecule has 0 aliphatic carbocycles. The van der Waals surface area contributed by atoms with E-state index in [0.29, 0.717) is 6.54 Å². The fourth-order valence-corrected chi connectivity index (χ4v) is 3.06. The Morgan fingerprint density at radius 2 is 2.14 bits per heavy atom. The first-order chi connectivity index (χ1) is 13.2. The minimum atomic E-state index is -0.0787. The summed E-state index contributed by atoms with van der Waals surface area (Å²) >= 11 is 0. The SMILES string of the molecule is CCNC(=NCC(C)Oc1ccccc1OC)NC1CCc2ncnn2C1.I. The second-order valence-electron chi connectivity index (χ2n) is 6.54. The number of rotatable bonds is 7. The second-order valence-corrected chi connectivity index (χ2v) is 6.54. The first kappa shape index (κ1) is 22.3. The van der Waals surface area contributed by atoms with E-state index >= 15 is 0 Å². The number of aryl methyl sites for hydroxylation is 1. The van der Waals surface area contributed by atoms with E-state index in [1.807, 2.05) is 35.9 Å². The lowest BCUT2D eigenvalue weighted by molar-refractivity contribution is 0.219. The number of ether oxygens (including phenoxy) is 2. The number of nitrogens with zero attached hydrogens (tertiary/aromatic N) is 4. The van der Waals surface area contributed by atoms with E-state index in [9.17, 15) is 0 Å². The van der Waals surface area contributed by atoms with Gasteiger partial charge in [0.25, 0.3) is 0 Å². The van der Waals surface area contributed by atoms with Crippen molar-refractivity contribution in [1.29, 1.82) is 0 Å². The van der Waals surface area contributed by atoms with Crippen LogP contribution in [0.25, 0.3) is 0 Å². The van der Waals surface area contributed by atoms with Crippen LogP contribution in [0.2, 0.25) is 0 Å². The van der Waals surface area contributed by atoms with Gasteiger partial charge < -0.3 is 20.1 Å². The quantitative estimate of drug-likeness (QED) is 0.345. The van der Waals surface area contributed by atoms with Crippen molar-refractivity contribution in [2.45, 2.75) is 45.4 Å². The van der Waals surface area contributed by atoms with E-state index < -0.39 is 0 Å². The molecule has 1 aromatic heterocycles. The van der Waals surface area contributed by atoms with Crippen LogP contribution in [-0.2, 0) is 13.0 Å². The lowest BCUT2D eigenvalue weighted by Gasteiger charge is -2.25. The number of fused-ring (bicyclic) bond motifs is 1. The molecular formula is C19H29IN6O2. The predicted octanol–water partition coefficient (Wildman–Crippen LogP) is 2.24. The first-order valence-corrected chi connectivity index (χ1v) is 9.40. The number of benzene rings is 1. The zero-order chi connectivity index (χ0) is 19.1. The molecule has 0 spiro atoms. The van der Waals surface area contributed by atoms with Crippen LogP contribution in [0.1, 0.15) is 26.1 Å². The largest absolute Gasteiger partial charge is 0.493 e. The summed E-state index contributed by atoms with van der Waals surface area (Å²) in [6.07, 6.45) is 3.47. The molecule has 0 amide bonds. The highest BCUT2D eigenvalue weighted by Crippen LogP contribution is 2.26. The molecular weight excluding hydrogens is 471 g/mol. The fraction of sp³-hybridized carbons (Fsp3) is 0.526. The summed E-state index contributed by atoms with van der Waals surface area (Å²) in [4.78, 5) is 8.96. The zero-order valence-corrected chi connectivity index (χ0v) is 18.9. The zero-order valence-electron chi connectivity index (χ0n) is 16.6. The summed E-state index contributed by atoms with van der Waals surface area (Å²) in [5, 5.41) is 11.1. The Bertz CT molecular complexity index is 766. The van der Waals surface area contributed by atoms with Crippen molar-refractivity contribution in [3.8, 4) is 11.5 Å². The highest BCUT2D eigenvalue weighted by atomic mass is 127. The number of para-hydroxylation sites is 2. The molecule has 2 N–H and O–H groups in total. The van der Waals surface area contributed by atoms with Crippen LogP contribution in [0.15, 0.2) is 35.6 Å². The van der Waals surface area contributed by atoms with Crippen molar-refractivity contribution in [2.24, 2.45) is 4.99 Å². The van der Waals surface area contributed by atoms with Gasteiger partial charge in [-0.1, -0.05) is 12.1 Å². The van der Waals surface area contributed by atoms with Gasteiger partial charge in [-0.25, -0.2) is 14.7 Å². The van der Waals surface area contributed by atoms with Crippen molar-refractivity contribution >= 4 is 29.9 Å². The maximum absolute atomic E-state index is 5.98. The van der Waals surface area contributed by atoms with Crippen LogP contribution in [0.4, 0.5) is 0 Å². The molecule has 0 radical (unpaired) electrons. The Balaban J connectivity index is 0.00000280. The van der Waals surface area contributed by atoms with Gasteiger partial charge >= 0.3 is 0 Å². The molecule has 1 aliphatic heterocycles. The van der Waals surface area contributed by atoms with Crippen LogP contribution in [0.3, 0.4) is 0 Å². The number of guanidine groups is 1. The number of aliphatic imine (C=N–C) groups is 1. The Morgan fingerprint density at radius 1 is 1.36 bits per heavy atom. The molecule has 28 heavy (non-hydrogen) atoms. The van der Waals surface area contributed by atoms with Crippen LogP contribution < -0.4 is 20.1 Å². The summed E-state index contributed by atoms with van der Waals surface area (Å²) in [7, 11) is 1.64. The molecule has 2 unspecified atom stereocenters. The summed E-state index contributed by atoms with van der Waals surface area (Å²) in [6, 6.07) is 7.92. The van der Waals surface area contributed by atoms with Crippen LogP contribution in [0, 0.1) is 0 Å². The molecule has 2 atom stereocenters. The standard InChI is InChI=1S/C19H28N6O2.HI/c1-4-20-19(24-15-9-10-18-22-13-23-25(18)12-15)21-11-14(2)27-17-8-6-5-7-16(17)26-3;/h5-8,13-15H,4,9-12H2,1-3H3,(H2,20,21,24);1H. The molecule has 2 aromatic rings. The van der Waals surface area contributed by atoms with Crippen LogP contribution in [-0.4, -0.2) is 53.1 Å². The smallest absolute Gasteiger partial charge is 0.191 e. The van der Waals surface area contributed by atoms with Crippen LogP contribution in [0.5, 0.6) is 11.5 Å². The third-order valence-corrected chi connectivity index (χ3v) is 4.39. The van der Waals surface area contributed by atoms with Gasteiger partial charge in [0.05, 0.1) is 20.2 Å². The fourth-order valence-electron chi connectivity index (χ4n) is 3.06. The Morgan fingerprint density at radius 3 is 2.89 bits per heavy atom. The average Bonchev–Trinajstić information content (AvgIpc) is 3.14. The van der Waals surface area contributed by atoms with E-state index in [-0.39, 0.29) is 36.1 Å². The molecule has 3 rings (SSSR count). The van der Waals surface area contributed by atoms with Crippen molar-refractivity contribution in [3.63, 3.8) is 0 Å². The average molecular weight is 500 g/mol. The van der Waals surface area contributed by atoms with Gasteiger partial charge in [-0.15, -0.1) is 24.0 Å². The molecule has 0 saturated carbocycles. The Kier molecular flexibility index (Phi) is 8.81. The van der Waals surface area contributed by atoms with E-state index in [1.165, 1.54) is 0 Å². The molecule has 2 heterocycles. The summed E-state index contributed by atoms with van der Waals surface area (Å²) < 4.78 is 13.3. The highest BCUT2D eigenvalue weighted by Gasteiger charge is 2.20. The minimum absolute atomic E-state index is 0. The molecule has 8 nitrogen and oxygen atoms in total. The number of aromatic nitrogens is 3. The lowest BCUT2D eigenvalue weighted by atomic mass is 10.1. The van der Waals surface area contributed by atoms with E-state index in [2.05, 4.69) is 32.6 Å². The second kappa shape index (κ2) is 11.1. The highest BCUT2D eigenvalue weighted by molar-refractivity contribution is 14.0. The number of nitrogens with one attached hydrogen (secondary N) is 2. The molecule has 9 heteroatoms. The molecule has 0 saturated heterocycles. The van der Waals surface area contributed by atoms with Crippen molar-refractivity contribution in [3.05, 3.63) is 36.4 Å². The summed E-state index contributed by atoms with van der Waals surface area (Å²) in [5.74, 6) is 3.30. The first-order valence-electron chi connectivity index (χ1n) is 9.40. The van der Waals surface area contributed by atoms with Gasteiger partial charge in [0.15, 0.2) is 17.5 Å². The minimum Gasteiger partial charge on any atom is -0.493 e. The lowest BCUT2D eigenvalue weighted by Crippen LogP contribution is -2.47. The van der Waals surface area contributed by atoms with Crippen molar-refractivity contribution in [1.82, 2.24) is 25.4 Å². The molecule has 154 valence electrons. The molecule has 0 fully saturated rings. The number of methoxy groups -OCH3 is 1. The summed E-state index contributed by atoms with van der Waals surface area (Å²) in [5.41, 5.74) is 0. The van der Waals surface area contributed by atoms with Crippen molar-refractivity contribution in [2.75, 3.05) is 20.2 Å².